The third-order valence-corrected chi connectivity index (χ3v) is 8.60. The smallest absolute Gasteiger partial charge is 0.257 e. The van der Waals surface area contributed by atoms with Gasteiger partial charge in [0, 0.05) is 31.7 Å². The number of benzene rings is 1. The fourth-order valence-corrected chi connectivity index (χ4v) is 6.03. The van der Waals surface area contributed by atoms with Gasteiger partial charge in [0.2, 0.25) is 15.9 Å². The van der Waals surface area contributed by atoms with Crippen molar-refractivity contribution in [2.45, 2.75) is 37.5 Å². The summed E-state index contributed by atoms with van der Waals surface area (Å²) in [5, 5.41) is 10.3. The minimum atomic E-state index is -3.55. The number of carbonyl (C=O) groups is 1. The zero-order valence-corrected chi connectivity index (χ0v) is 19.7. The fraction of sp³-hybridized carbons (Fsp3) is 0.409. The van der Waals surface area contributed by atoms with E-state index in [9.17, 15) is 13.2 Å². The number of aromatic nitrogens is 2. The molecule has 32 heavy (non-hydrogen) atoms. The van der Waals surface area contributed by atoms with Crippen LogP contribution in [0.25, 0.3) is 10.8 Å². The molecular formula is C22H26N4O4S2. The first-order valence-corrected chi connectivity index (χ1v) is 13.0. The van der Waals surface area contributed by atoms with Crippen LogP contribution in [0.1, 0.15) is 48.9 Å². The van der Waals surface area contributed by atoms with E-state index < -0.39 is 10.0 Å². The normalized spacial score (nSPS) is 17.1. The van der Waals surface area contributed by atoms with Crippen molar-refractivity contribution >= 4 is 27.3 Å². The molecule has 3 aromatic rings. The highest BCUT2D eigenvalue weighted by Gasteiger charge is 2.29. The van der Waals surface area contributed by atoms with Gasteiger partial charge < -0.3 is 9.32 Å². The molecule has 1 aromatic carbocycles. The minimum absolute atomic E-state index is 0.0174. The van der Waals surface area contributed by atoms with E-state index in [0.29, 0.717) is 43.5 Å². The van der Waals surface area contributed by atoms with Gasteiger partial charge in [-0.05, 0) is 48.6 Å². The molecule has 0 aliphatic carbocycles. The van der Waals surface area contributed by atoms with Gasteiger partial charge in [0.15, 0.2) is 0 Å². The molecule has 1 aliphatic rings. The molecule has 4 rings (SSSR count). The number of piperidine rings is 1. The van der Waals surface area contributed by atoms with Gasteiger partial charge in [0.25, 0.3) is 11.8 Å². The maximum atomic E-state index is 13.1. The molecule has 1 atom stereocenters. The topological polar surface area (TPSA) is 96.6 Å². The molecule has 2 aromatic heterocycles. The van der Waals surface area contributed by atoms with Crippen LogP contribution in [0.5, 0.6) is 0 Å². The van der Waals surface area contributed by atoms with Crippen molar-refractivity contribution in [3.8, 4) is 10.8 Å². The van der Waals surface area contributed by atoms with Crippen molar-refractivity contribution in [1.82, 2.24) is 19.4 Å². The predicted octanol–water partition coefficient (Wildman–Crippen LogP) is 3.85. The average Bonchev–Trinajstić information content (AvgIpc) is 3.51. The van der Waals surface area contributed by atoms with Crippen molar-refractivity contribution in [3.63, 3.8) is 0 Å². The lowest BCUT2D eigenvalue weighted by molar-refractivity contribution is 0.0698. The number of sulfonamides is 1. The molecule has 0 saturated carbocycles. The fourth-order valence-electron chi connectivity index (χ4n) is 3.93. The molecule has 170 valence electrons. The van der Waals surface area contributed by atoms with E-state index in [1.165, 1.54) is 27.8 Å². The summed E-state index contributed by atoms with van der Waals surface area (Å²) in [5.74, 6) is 0.908. The third-order valence-electron chi connectivity index (χ3n) is 5.67. The Bertz CT molecular complexity index is 1150. The lowest BCUT2D eigenvalue weighted by Gasteiger charge is -2.31. The Balaban J connectivity index is 1.46. The predicted molar refractivity (Wildman–Crippen MR) is 122 cm³/mol. The zero-order valence-electron chi connectivity index (χ0n) is 18.1. The van der Waals surface area contributed by atoms with Crippen LogP contribution in [-0.2, 0) is 10.0 Å². The maximum absolute atomic E-state index is 13.1. The van der Waals surface area contributed by atoms with Crippen LogP contribution in [0, 0.1) is 0 Å². The van der Waals surface area contributed by atoms with E-state index in [2.05, 4.69) is 10.2 Å². The number of thiophene rings is 1. The van der Waals surface area contributed by atoms with E-state index in [-0.39, 0.29) is 16.7 Å². The summed E-state index contributed by atoms with van der Waals surface area (Å²) in [6.45, 7) is 5.54. The zero-order chi connectivity index (χ0) is 22.7. The highest BCUT2D eigenvalue weighted by atomic mass is 32.2. The van der Waals surface area contributed by atoms with Gasteiger partial charge in [0.1, 0.15) is 0 Å². The van der Waals surface area contributed by atoms with E-state index >= 15 is 0 Å². The first-order valence-electron chi connectivity index (χ1n) is 10.7. The van der Waals surface area contributed by atoms with E-state index in [4.69, 9.17) is 4.42 Å². The minimum Gasteiger partial charge on any atom is -0.420 e. The SMILES string of the molecule is CCN(CC)S(=O)(=O)c1ccc(C(=O)N2CCCC(c3nnc(-c4cccs4)o3)C2)cc1. The number of amides is 1. The molecule has 10 heteroatoms. The van der Waals surface area contributed by atoms with Gasteiger partial charge in [0.05, 0.1) is 15.7 Å². The van der Waals surface area contributed by atoms with Crippen LogP contribution in [0.3, 0.4) is 0 Å². The summed E-state index contributed by atoms with van der Waals surface area (Å²) in [4.78, 5) is 16.0. The lowest BCUT2D eigenvalue weighted by atomic mass is 9.97. The Kier molecular flexibility index (Phi) is 6.73. The quantitative estimate of drug-likeness (QED) is 0.516. The van der Waals surface area contributed by atoms with Crippen LogP contribution < -0.4 is 0 Å². The van der Waals surface area contributed by atoms with Gasteiger partial charge in [-0.3, -0.25) is 4.79 Å². The van der Waals surface area contributed by atoms with Crippen LogP contribution >= 0.6 is 11.3 Å². The molecule has 1 fully saturated rings. The Morgan fingerprint density at radius 3 is 2.59 bits per heavy atom. The summed E-state index contributed by atoms with van der Waals surface area (Å²) in [5.41, 5.74) is 0.467. The summed E-state index contributed by atoms with van der Waals surface area (Å²) >= 11 is 1.54. The number of nitrogens with zero attached hydrogens (tertiary/aromatic N) is 4. The van der Waals surface area contributed by atoms with E-state index in [1.807, 2.05) is 17.5 Å². The monoisotopic (exact) mass is 474 g/mol. The number of rotatable bonds is 7. The Hall–Kier alpha value is -2.56. The second-order valence-electron chi connectivity index (χ2n) is 7.63. The first-order chi connectivity index (χ1) is 15.4. The van der Waals surface area contributed by atoms with Crippen molar-refractivity contribution in [2.75, 3.05) is 26.2 Å². The summed E-state index contributed by atoms with van der Waals surface area (Å²) in [6.07, 6.45) is 1.71. The molecule has 3 heterocycles. The van der Waals surface area contributed by atoms with Crippen LogP contribution in [0.4, 0.5) is 0 Å². The molecule has 0 bridgehead atoms. The number of likely N-dealkylation sites (tertiary alicyclic amines) is 1. The largest absolute Gasteiger partial charge is 0.420 e. The third kappa shape index (κ3) is 4.48. The Labute approximate surface area is 191 Å². The van der Waals surface area contributed by atoms with Crippen molar-refractivity contribution in [3.05, 3.63) is 53.2 Å². The number of hydrogen-bond donors (Lipinski definition) is 0. The molecule has 0 N–H and O–H groups in total. The van der Waals surface area contributed by atoms with Gasteiger partial charge in [-0.1, -0.05) is 19.9 Å². The van der Waals surface area contributed by atoms with Crippen LogP contribution in [-0.4, -0.2) is 59.9 Å². The van der Waals surface area contributed by atoms with Gasteiger partial charge in [-0.15, -0.1) is 21.5 Å². The second kappa shape index (κ2) is 9.51. The van der Waals surface area contributed by atoms with Crippen LogP contribution in [0.2, 0.25) is 0 Å². The standard InChI is InChI=1S/C22H26N4O4S2/c1-3-26(4-2)32(28,29)18-11-9-16(10-12-18)22(27)25-13-5-7-17(15-25)20-23-24-21(30-20)19-8-6-14-31-19/h6,8-12,14,17H,3-5,7,13,15H2,1-2H3. The Morgan fingerprint density at radius 1 is 1.19 bits per heavy atom. The highest BCUT2D eigenvalue weighted by Crippen LogP contribution is 2.30. The summed E-state index contributed by atoms with van der Waals surface area (Å²) in [6, 6.07) is 10.1. The van der Waals surface area contributed by atoms with E-state index in [1.54, 1.807) is 30.9 Å². The molecule has 1 aliphatic heterocycles. The molecular weight excluding hydrogens is 448 g/mol. The average molecular weight is 475 g/mol. The first kappa shape index (κ1) is 22.6. The highest BCUT2D eigenvalue weighted by molar-refractivity contribution is 7.89. The van der Waals surface area contributed by atoms with Gasteiger partial charge >= 0.3 is 0 Å². The molecule has 1 saturated heterocycles. The second-order valence-corrected chi connectivity index (χ2v) is 10.5. The van der Waals surface area contributed by atoms with Gasteiger partial charge in [-0.2, -0.15) is 4.31 Å². The van der Waals surface area contributed by atoms with Crippen molar-refractivity contribution in [2.24, 2.45) is 0 Å². The van der Waals surface area contributed by atoms with Crippen molar-refractivity contribution in [1.29, 1.82) is 0 Å². The van der Waals surface area contributed by atoms with Gasteiger partial charge in [-0.25, -0.2) is 8.42 Å². The number of hydrogen-bond acceptors (Lipinski definition) is 7. The maximum Gasteiger partial charge on any atom is 0.257 e. The summed E-state index contributed by atoms with van der Waals surface area (Å²) in [7, 11) is -3.55. The van der Waals surface area contributed by atoms with Crippen LogP contribution in [0.15, 0.2) is 51.1 Å². The number of carbonyl (C=O) groups excluding carboxylic acids is 1. The van der Waals surface area contributed by atoms with Crippen molar-refractivity contribution < 1.29 is 17.6 Å². The molecule has 0 radical (unpaired) electrons. The Morgan fingerprint density at radius 2 is 1.94 bits per heavy atom. The van der Waals surface area contributed by atoms with E-state index in [0.717, 1.165) is 17.7 Å². The lowest BCUT2D eigenvalue weighted by Crippen LogP contribution is -2.39. The molecule has 1 unspecified atom stereocenters. The summed E-state index contributed by atoms with van der Waals surface area (Å²) < 4.78 is 32.6. The molecule has 1 amide bonds. The molecule has 0 spiro atoms. The molecule has 8 nitrogen and oxygen atoms in total.